The number of sulfone groups is 1. The zero-order valence-corrected chi connectivity index (χ0v) is 11.0. The molecule has 0 bridgehead atoms. The fourth-order valence-corrected chi connectivity index (χ4v) is 4.10. The van der Waals surface area contributed by atoms with Crippen LogP contribution in [-0.2, 0) is 9.84 Å². The number of anilines is 2. The van der Waals surface area contributed by atoms with E-state index in [-0.39, 0.29) is 11.0 Å². The van der Waals surface area contributed by atoms with Gasteiger partial charge in [-0.2, -0.15) is 0 Å². The Bertz CT molecular complexity index is 710. The smallest absolute Gasteiger partial charge is 0.160 e. The molecule has 1 saturated heterocycles. The average molecular weight is 282 g/mol. The second kappa shape index (κ2) is 4.37. The van der Waals surface area contributed by atoms with Crippen LogP contribution in [0, 0.1) is 0 Å². The van der Waals surface area contributed by atoms with Crippen molar-refractivity contribution in [3.63, 3.8) is 0 Å². The lowest BCUT2D eigenvalue weighted by Crippen LogP contribution is -2.25. The number of fused-ring (bicyclic) bond motifs is 1. The third kappa shape index (κ3) is 2.12. The van der Waals surface area contributed by atoms with Crippen LogP contribution in [0.5, 0.6) is 0 Å². The van der Waals surface area contributed by atoms with Gasteiger partial charge in [0, 0.05) is 6.54 Å². The molecule has 0 radical (unpaired) electrons. The molecule has 1 unspecified atom stereocenters. The molecule has 19 heavy (non-hydrogen) atoms. The minimum atomic E-state index is -2.95. The van der Waals surface area contributed by atoms with E-state index in [1.807, 2.05) is 0 Å². The first-order valence-electron chi connectivity index (χ1n) is 6.04. The Morgan fingerprint density at radius 1 is 1.37 bits per heavy atom. The lowest BCUT2D eigenvalue weighted by molar-refractivity contribution is 0.316. The molecule has 0 spiro atoms. The van der Waals surface area contributed by atoms with E-state index in [4.69, 9.17) is 5.73 Å². The normalized spacial score (nSPS) is 21.8. The van der Waals surface area contributed by atoms with Gasteiger partial charge in [0.05, 0.1) is 22.4 Å². The molecule has 2 heterocycles. The Morgan fingerprint density at radius 3 is 2.89 bits per heavy atom. The number of nitrogen functional groups attached to an aromatic ring is 1. The molecule has 1 aromatic carbocycles. The molecule has 1 atom stereocenters. The van der Waals surface area contributed by atoms with Gasteiger partial charge < -0.3 is 11.1 Å². The molecule has 3 rings (SSSR count). The van der Waals surface area contributed by atoms with E-state index in [2.05, 4.69) is 20.3 Å². The SMILES string of the molecule is Nc1ccc(NCC2CCCS2(=O)=O)c2nonc12. The van der Waals surface area contributed by atoms with Crippen molar-refractivity contribution in [1.82, 2.24) is 10.3 Å². The second-order valence-electron chi connectivity index (χ2n) is 4.68. The molecule has 1 aliphatic rings. The zero-order valence-electron chi connectivity index (χ0n) is 10.2. The van der Waals surface area contributed by atoms with Crippen LogP contribution in [0.2, 0.25) is 0 Å². The number of hydrogen-bond donors (Lipinski definition) is 2. The lowest BCUT2D eigenvalue weighted by Gasteiger charge is -2.12. The molecule has 2 aromatic rings. The fraction of sp³-hybridized carbons (Fsp3) is 0.455. The first-order valence-corrected chi connectivity index (χ1v) is 7.75. The molecule has 1 aliphatic heterocycles. The van der Waals surface area contributed by atoms with Crippen LogP contribution in [0.4, 0.5) is 11.4 Å². The number of rotatable bonds is 3. The van der Waals surface area contributed by atoms with Crippen LogP contribution in [-0.4, -0.2) is 36.3 Å². The molecule has 8 heteroatoms. The van der Waals surface area contributed by atoms with E-state index in [0.29, 0.717) is 35.4 Å². The van der Waals surface area contributed by atoms with Crippen LogP contribution in [0.3, 0.4) is 0 Å². The van der Waals surface area contributed by atoms with Gasteiger partial charge in [0.15, 0.2) is 20.9 Å². The van der Waals surface area contributed by atoms with Crippen molar-refractivity contribution in [3.05, 3.63) is 12.1 Å². The molecule has 1 fully saturated rings. The van der Waals surface area contributed by atoms with E-state index in [1.165, 1.54) is 0 Å². The van der Waals surface area contributed by atoms with Crippen LogP contribution >= 0.6 is 0 Å². The Balaban J connectivity index is 1.83. The molecule has 3 N–H and O–H groups in total. The van der Waals surface area contributed by atoms with E-state index in [9.17, 15) is 8.42 Å². The van der Waals surface area contributed by atoms with E-state index in [1.54, 1.807) is 12.1 Å². The highest BCUT2D eigenvalue weighted by Gasteiger charge is 2.31. The summed E-state index contributed by atoms with van der Waals surface area (Å²) in [4.78, 5) is 0. The summed E-state index contributed by atoms with van der Waals surface area (Å²) < 4.78 is 28.1. The largest absolute Gasteiger partial charge is 0.397 e. The van der Waals surface area contributed by atoms with Gasteiger partial charge >= 0.3 is 0 Å². The number of benzene rings is 1. The maximum atomic E-state index is 11.7. The van der Waals surface area contributed by atoms with Crippen molar-refractivity contribution in [2.75, 3.05) is 23.3 Å². The molecule has 1 aromatic heterocycles. The number of aromatic nitrogens is 2. The summed E-state index contributed by atoms with van der Waals surface area (Å²) in [5, 5.41) is 10.3. The van der Waals surface area contributed by atoms with Gasteiger partial charge in [0.1, 0.15) is 0 Å². The molecule has 0 saturated carbocycles. The van der Waals surface area contributed by atoms with Gasteiger partial charge in [-0.05, 0) is 35.3 Å². The van der Waals surface area contributed by atoms with Gasteiger partial charge in [-0.1, -0.05) is 0 Å². The Kier molecular flexibility index (Phi) is 2.81. The molecular formula is C11H14N4O3S. The van der Waals surface area contributed by atoms with Gasteiger partial charge in [0.2, 0.25) is 0 Å². The van der Waals surface area contributed by atoms with Crippen LogP contribution in [0.15, 0.2) is 16.8 Å². The van der Waals surface area contributed by atoms with Crippen LogP contribution in [0.25, 0.3) is 11.0 Å². The lowest BCUT2D eigenvalue weighted by atomic mass is 10.2. The first-order chi connectivity index (χ1) is 9.08. The first kappa shape index (κ1) is 12.2. The summed E-state index contributed by atoms with van der Waals surface area (Å²) in [6.45, 7) is 0.369. The van der Waals surface area contributed by atoms with Crippen molar-refractivity contribution in [2.45, 2.75) is 18.1 Å². The van der Waals surface area contributed by atoms with Gasteiger partial charge in [-0.15, -0.1) is 0 Å². The van der Waals surface area contributed by atoms with Gasteiger partial charge in [-0.25, -0.2) is 13.0 Å². The summed E-state index contributed by atoms with van der Waals surface area (Å²) in [6.07, 6.45) is 1.43. The fourth-order valence-electron chi connectivity index (χ4n) is 2.34. The maximum absolute atomic E-state index is 11.7. The molecular weight excluding hydrogens is 268 g/mol. The van der Waals surface area contributed by atoms with Crippen molar-refractivity contribution >= 4 is 32.2 Å². The number of hydrogen-bond acceptors (Lipinski definition) is 7. The van der Waals surface area contributed by atoms with Crippen molar-refractivity contribution in [2.24, 2.45) is 0 Å². The molecule has 7 nitrogen and oxygen atoms in total. The van der Waals surface area contributed by atoms with E-state index >= 15 is 0 Å². The number of nitrogens with zero attached hydrogens (tertiary/aromatic N) is 2. The molecule has 0 amide bonds. The second-order valence-corrected chi connectivity index (χ2v) is 7.08. The Hall–Kier alpha value is -1.83. The van der Waals surface area contributed by atoms with E-state index < -0.39 is 9.84 Å². The van der Waals surface area contributed by atoms with E-state index in [0.717, 1.165) is 6.42 Å². The monoisotopic (exact) mass is 282 g/mol. The Labute approximate surface area is 110 Å². The third-order valence-electron chi connectivity index (χ3n) is 3.43. The quantitative estimate of drug-likeness (QED) is 0.800. The van der Waals surface area contributed by atoms with Crippen molar-refractivity contribution in [3.8, 4) is 0 Å². The highest BCUT2D eigenvalue weighted by atomic mass is 32.2. The molecule has 102 valence electrons. The minimum absolute atomic E-state index is 0.280. The topological polar surface area (TPSA) is 111 Å². The van der Waals surface area contributed by atoms with Crippen molar-refractivity contribution in [1.29, 1.82) is 0 Å². The predicted molar refractivity (Wildman–Crippen MR) is 71.5 cm³/mol. The minimum Gasteiger partial charge on any atom is -0.397 e. The number of nitrogens with one attached hydrogen (secondary N) is 1. The highest BCUT2D eigenvalue weighted by molar-refractivity contribution is 7.92. The summed E-state index contributed by atoms with van der Waals surface area (Å²) >= 11 is 0. The third-order valence-corrected chi connectivity index (χ3v) is 5.71. The Morgan fingerprint density at radius 2 is 2.16 bits per heavy atom. The average Bonchev–Trinajstić information content (AvgIpc) is 2.96. The highest BCUT2D eigenvalue weighted by Crippen LogP contribution is 2.26. The standard InChI is InChI=1S/C11H14N4O3S/c12-8-3-4-9(11-10(8)14-18-15-11)13-6-7-2-1-5-19(7,16)17/h3-4,7,13H,1-2,5-6,12H2. The number of nitrogens with two attached hydrogens (primary N) is 1. The molecule has 0 aliphatic carbocycles. The van der Waals surface area contributed by atoms with Crippen LogP contribution < -0.4 is 11.1 Å². The predicted octanol–water partition coefficient (Wildman–Crippen LogP) is 0.794. The summed E-state index contributed by atoms with van der Waals surface area (Å²) in [5.74, 6) is 0.280. The van der Waals surface area contributed by atoms with Crippen LogP contribution in [0.1, 0.15) is 12.8 Å². The zero-order chi connectivity index (χ0) is 13.5. The maximum Gasteiger partial charge on any atom is 0.160 e. The van der Waals surface area contributed by atoms with Gasteiger partial charge in [-0.3, -0.25) is 0 Å². The summed E-state index contributed by atoms with van der Waals surface area (Å²) in [7, 11) is -2.95. The summed E-state index contributed by atoms with van der Waals surface area (Å²) in [6, 6.07) is 3.45. The summed E-state index contributed by atoms with van der Waals surface area (Å²) in [5.41, 5.74) is 7.92. The van der Waals surface area contributed by atoms with Crippen molar-refractivity contribution < 1.29 is 13.0 Å². The van der Waals surface area contributed by atoms with Gasteiger partial charge in [0.25, 0.3) is 0 Å².